The summed E-state index contributed by atoms with van der Waals surface area (Å²) in [6, 6.07) is 6.59. The van der Waals surface area contributed by atoms with Crippen LogP contribution in [0.1, 0.15) is 38.8 Å². The summed E-state index contributed by atoms with van der Waals surface area (Å²) in [6.45, 7) is 5.61. The Kier molecular flexibility index (Phi) is 7.75. The number of aliphatic hydroxyl groups is 1. The Balaban J connectivity index is 2.75. The number of carbonyl (C=O) groups is 4. The second-order valence-electron chi connectivity index (χ2n) is 7.14. The third-order valence-electron chi connectivity index (χ3n) is 4.52. The molecule has 0 bridgehead atoms. The number of hydrogen-bond acceptors (Lipinski definition) is 10. The molecule has 1 aliphatic rings. The van der Waals surface area contributed by atoms with Gasteiger partial charge in [0.15, 0.2) is 12.2 Å². The summed E-state index contributed by atoms with van der Waals surface area (Å²) in [4.78, 5) is 47.6. The topological polar surface area (TPSA) is 135 Å². The lowest BCUT2D eigenvalue weighted by molar-refractivity contribution is -0.361. The van der Waals surface area contributed by atoms with Crippen molar-refractivity contribution in [2.75, 3.05) is 6.61 Å². The number of aryl methyl sites for hydroxylation is 1. The van der Waals surface area contributed by atoms with E-state index in [1.807, 2.05) is 6.92 Å². The number of carbonyl (C=O) groups excluding carboxylic acids is 4. The molecule has 1 saturated heterocycles. The second-order valence-corrected chi connectivity index (χ2v) is 7.14. The lowest BCUT2D eigenvalue weighted by atomic mass is 9.87. The molecule has 1 unspecified atom stereocenters. The van der Waals surface area contributed by atoms with Crippen molar-refractivity contribution in [3.8, 4) is 0 Å². The Hall–Kier alpha value is -2.98. The molecular weight excluding hydrogens is 412 g/mol. The van der Waals surface area contributed by atoms with E-state index in [0.29, 0.717) is 0 Å². The van der Waals surface area contributed by atoms with Gasteiger partial charge in [-0.05, 0) is 6.92 Å². The van der Waals surface area contributed by atoms with E-state index in [0.717, 1.165) is 33.3 Å². The quantitative estimate of drug-likeness (QED) is 0.504. The van der Waals surface area contributed by atoms with Gasteiger partial charge in [0.1, 0.15) is 6.10 Å². The minimum atomic E-state index is -2.09. The number of rotatable bonds is 6. The summed E-state index contributed by atoms with van der Waals surface area (Å²) in [5.41, 5.74) is 1.14. The van der Waals surface area contributed by atoms with Gasteiger partial charge in [0.2, 0.25) is 6.10 Å². The van der Waals surface area contributed by atoms with E-state index >= 15 is 0 Å². The summed E-state index contributed by atoms with van der Waals surface area (Å²) in [7, 11) is 0. The largest absolute Gasteiger partial charge is 0.456 e. The summed E-state index contributed by atoms with van der Waals surface area (Å²) in [5, 5.41) is 9.95. The highest BCUT2D eigenvalue weighted by molar-refractivity contribution is 5.69. The highest BCUT2D eigenvalue weighted by Gasteiger charge is 2.62. The van der Waals surface area contributed by atoms with Crippen LogP contribution >= 0.6 is 0 Å². The maximum atomic E-state index is 12.1. The van der Waals surface area contributed by atoms with Crippen LogP contribution in [-0.2, 0) is 48.6 Å². The van der Waals surface area contributed by atoms with E-state index in [1.165, 1.54) is 0 Å². The Labute approximate surface area is 179 Å². The molecule has 5 atom stereocenters. The van der Waals surface area contributed by atoms with Crippen molar-refractivity contribution < 1.29 is 48.0 Å². The summed E-state index contributed by atoms with van der Waals surface area (Å²) < 4.78 is 27.5. The third kappa shape index (κ3) is 5.59. The SMILES string of the molecule is CC(=O)O[C@H]1[C@H](OC(C)=O)[C@@H](CO)OC(OC(C)=O)(c2ccc(C)cc2)[C@@H]1OC(C)=O. The first-order valence-corrected chi connectivity index (χ1v) is 9.57. The summed E-state index contributed by atoms with van der Waals surface area (Å²) in [5.74, 6) is -5.20. The Morgan fingerprint density at radius 1 is 0.871 bits per heavy atom. The molecule has 1 aromatic carbocycles. The average Bonchev–Trinajstić information content (AvgIpc) is 2.65. The van der Waals surface area contributed by atoms with E-state index in [2.05, 4.69) is 0 Å². The van der Waals surface area contributed by atoms with Crippen LogP contribution in [0.2, 0.25) is 0 Å². The molecule has 0 radical (unpaired) electrons. The number of esters is 4. The van der Waals surface area contributed by atoms with Crippen molar-refractivity contribution in [2.24, 2.45) is 0 Å². The molecule has 1 aliphatic heterocycles. The first-order valence-electron chi connectivity index (χ1n) is 9.57. The molecule has 10 heteroatoms. The smallest absolute Gasteiger partial charge is 0.305 e. The van der Waals surface area contributed by atoms with E-state index in [-0.39, 0.29) is 5.56 Å². The monoisotopic (exact) mass is 438 g/mol. The first kappa shape index (κ1) is 24.3. The predicted molar refractivity (Wildman–Crippen MR) is 103 cm³/mol. The van der Waals surface area contributed by atoms with Gasteiger partial charge in [-0.15, -0.1) is 0 Å². The molecule has 2 rings (SSSR count). The minimum Gasteiger partial charge on any atom is -0.456 e. The number of benzene rings is 1. The fourth-order valence-electron chi connectivity index (χ4n) is 3.45. The molecule has 0 aliphatic carbocycles. The zero-order valence-corrected chi connectivity index (χ0v) is 17.9. The van der Waals surface area contributed by atoms with E-state index in [1.54, 1.807) is 24.3 Å². The fraction of sp³-hybridized carbons (Fsp3) is 0.524. The van der Waals surface area contributed by atoms with E-state index in [9.17, 15) is 24.3 Å². The summed E-state index contributed by atoms with van der Waals surface area (Å²) in [6.07, 6.45) is -5.62. The predicted octanol–water partition coefficient (Wildman–Crippen LogP) is 0.897. The molecule has 10 nitrogen and oxygen atoms in total. The van der Waals surface area contributed by atoms with Crippen molar-refractivity contribution in [3.63, 3.8) is 0 Å². The van der Waals surface area contributed by atoms with Gasteiger partial charge in [0, 0.05) is 33.3 Å². The highest BCUT2D eigenvalue weighted by Crippen LogP contribution is 2.43. The van der Waals surface area contributed by atoms with E-state index in [4.69, 9.17) is 23.7 Å². The van der Waals surface area contributed by atoms with Crippen LogP contribution in [0, 0.1) is 6.92 Å². The van der Waals surface area contributed by atoms with Crippen molar-refractivity contribution in [2.45, 2.75) is 64.8 Å². The maximum Gasteiger partial charge on any atom is 0.305 e. The number of aliphatic hydroxyl groups excluding tert-OH is 1. The Morgan fingerprint density at radius 2 is 1.39 bits per heavy atom. The van der Waals surface area contributed by atoms with Gasteiger partial charge in [0.05, 0.1) is 6.61 Å². The van der Waals surface area contributed by atoms with Crippen molar-refractivity contribution in [1.82, 2.24) is 0 Å². The molecule has 1 heterocycles. The van der Waals surface area contributed by atoms with Gasteiger partial charge in [-0.25, -0.2) is 0 Å². The third-order valence-corrected chi connectivity index (χ3v) is 4.52. The molecule has 0 saturated carbocycles. The van der Waals surface area contributed by atoms with Gasteiger partial charge in [0.25, 0.3) is 5.79 Å². The zero-order valence-electron chi connectivity index (χ0n) is 17.9. The number of hydrogen-bond donors (Lipinski definition) is 1. The molecule has 0 amide bonds. The van der Waals surface area contributed by atoms with Gasteiger partial charge in [-0.3, -0.25) is 19.2 Å². The minimum absolute atomic E-state index is 0.261. The summed E-state index contributed by atoms with van der Waals surface area (Å²) >= 11 is 0. The highest BCUT2D eigenvalue weighted by atomic mass is 16.8. The van der Waals surface area contributed by atoms with Crippen LogP contribution in [0.15, 0.2) is 24.3 Å². The molecule has 1 N–H and O–H groups in total. The molecule has 1 fully saturated rings. The van der Waals surface area contributed by atoms with Gasteiger partial charge < -0.3 is 28.8 Å². The first-order chi connectivity index (χ1) is 14.5. The van der Waals surface area contributed by atoms with Crippen LogP contribution in [0.25, 0.3) is 0 Å². The standard InChI is InChI=1S/C21H26O10/c1-11-6-8-16(9-7-11)21(30-15(5)26)20(29-14(4)25)19(28-13(3)24)18(27-12(2)23)17(10-22)31-21/h6-9,17-20,22H,10H2,1-5H3/t17-,18-,19+,20-,21?/m1/s1. The molecule has 0 spiro atoms. The lowest BCUT2D eigenvalue weighted by Gasteiger charge is -2.50. The van der Waals surface area contributed by atoms with Gasteiger partial charge in [-0.2, -0.15) is 0 Å². The zero-order chi connectivity index (χ0) is 23.3. The molecule has 0 aromatic heterocycles. The Bertz CT molecular complexity index is 833. The average molecular weight is 438 g/mol. The molecular formula is C21H26O10. The lowest BCUT2D eigenvalue weighted by Crippen LogP contribution is -2.67. The van der Waals surface area contributed by atoms with Crippen molar-refractivity contribution >= 4 is 23.9 Å². The fourth-order valence-corrected chi connectivity index (χ4v) is 3.45. The molecule has 31 heavy (non-hydrogen) atoms. The van der Waals surface area contributed by atoms with Crippen molar-refractivity contribution in [3.05, 3.63) is 35.4 Å². The number of ether oxygens (including phenoxy) is 5. The maximum absolute atomic E-state index is 12.1. The Morgan fingerprint density at radius 3 is 1.84 bits per heavy atom. The van der Waals surface area contributed by atoms with E-state index < -0.39 is 60.7 Å². The second kappa shape index (κ2) is 9.88. The van der Waals surface area contributed by atoms with Crippen LogP contribution in [0.3, 0.4) is 0 Å². The molecule has 170 valence electrons. The molecule has 1 aromatic rings. The van der Waals surface area contributed by atoms with Crippen LogP contribution in [0.5, 0.6) is 0 Å². The van der Waals surface area contributed by atoms with Gasteiger partial charge in [-0.1, -0.05) is 29.8 Å². The normalized spacial score (nSPS) is 27.7. The van der Waals surface area contributed by atoms with Crippen LogP contribution in [0.4, 0.5) is 0 Å². The van der Waals surface area contributed by atoms with Gasteiger partial charge >= 0.3 is 23.9 Å². The van der Waals surface area contributed by atoms with Crippen molar-refractivity contribution in [1.29, 1.82) is 0 Å². The van der Waals surface area contributed by atoms with Crippen LogP contribution in [-0.4, -0.2) is 60.0 Å². The van der Waals surface area contributed by atoms with Crippen LogP contribution < -0.4 is 0 Å².